The predicted octanol–water partition coefficient (Wildman–Crippen LogP) is 1.71. The zero-order valence-corrected chi connectivity index (χ0v) is 9.26. The zero-order chi connectivity index (χ0) is 11.0. The maximum absolute atomic E-state index is 11.3. The van der Waals surface area contributed by atoms with E-state index in [1.807, 2.05) is 19.9 Å². The van der Waals surface area contributed by atoms with Crippen molar-refractivity contribution in [1.82, 2.24) is 5.32 Å². The van der Waals surface area contributed by atoms with Crippen molar-refractivity contribution in [2.45, 2.75) is 33.6 Å². The molecule has 0 atom stereocenters. The summed E-state index contributed by atoms with van der Waals surface area (Å²) < 4.78 is 0. The minimum Gasteiger partial charge on any atom is -0.394 e. The molecular weight excluding hydrogens is 176 g/mol. The fraction of sp³-hybridized carbons (Fsp3) is 0.545. The van der Waals surface area contributed by atoms with Gasteiger partial charge in [0.15, 0.2) is 0 Å². The van der Waals surface area contributed by atoms with Gasteiger partial charge >= 0.3 is 0 Å². The molecule has 0 aliphatic carbocycles. The Morgan fingerprint density at radius 1 is 1.50 bits per heavy atom. The third-order valence-corrected chi connectivity index (χ3v) is 1.92. The molecule has 0 radical (unpaired) electrons. The quantitative estimate of drug-likeness (QED) is 0.399. The Balaban J connectivity index is 4.05. The fourth-order valence-corrected chi connectivity index (χ4v) is 0.875. The minimum atomic E-state index is -0.181. The van der Waals surface area contributed by atoms with Crippen molar-refractivity contribution in [3.63, 3.8) is 0 Å². The summed E-state index contributed by atoms with van der Waals surface area (Å²) in [5.41, 5.74) is 6.85. The lowest BCUT2D eigenvalue weighted by molar-refractivity contribution is -0.117. The normalized spacial score (nSPS) is 12.8. The molecule has 3 N–H and O–H groups in total. The van der Waals surface area contributed by atoms with Gasteiger partial charge in [-0.15, -0.1) is 0 Å². The Kier molecular flexibility index (Phi) is 6.54. The van der Waals surface area contributed by atoms with Crippen LogP contribution in [0, 0.1) is 0 Å². The van der Waals surface area contributed by atoms with E-state index in [4.69, 9.17) is 5.73 Å². The maximum Gasteiger partial charge on any atom is 0.267 e. The van der Waals surface area contributed by atoms with Crippen LogP contribution in [0.25, 0.3) is 0 Å². The topological polar surface area (TPSA) is 55.1 Å². The second kappa shape index (κ2) is 7.18. The number of hydrogen-bond acceptors (Lipinski definition) is 2. The molecule has 0 bridgehead atoms. The summed E-state index contributed by atoms with van der Waals surface area (Å²) in [6, 6.07) is 0. The highest BCUT2D eigenvalue weighted by Crippen LogP contribution is 1.97. The highest BCUT2D eigenvalue weighted by molar-refractivity contribution is 5.92. The first-order valence-electron chi connectivity index (χ1n) is 5.00. The van der Waals surface area contributed by atoms with E-state index in [-0.39, 0.29) is 11.6 Å². The number of hydrogen-bond donors (Lipinski definition) is 2. The lowest BCUT2D eigenvalue weighted by Crippen LogP contribution is -2.29. The van der Waals surface area contributed by atoms with Gasteiger partial charge < -0.3 is 11.1 Å². The van der Waals surface area contributed by atoms with Gasteiger partial charge in [0.2, 0.25) is 0 Å². The van der Waals surface area contributed by atoms with Crippen LogP contribution in [-0.4, -0.2) is 12.5 Å². The summed E-state index contributed by atoms with van der Waals surface area (Å²) in [4.78, 5) is 11.3. The van der Waals surface area contributed by atoms with Crippen molar-refractivity contribution in [1.29, 1.82) is 0 Å². The first-order valence-corrected chi connectivity index (χ1v) is 5.00. The summed E-state index contributed by atoms with van der Waals surface area (Å²) in [6.45, 7) is 6.59. The summed E-state index contributed by atoms with van der Waals surface area (Å²) in [5, 5.41) is 2.75. The summed E-state index contributed by atoms with van der Waals surface area (Å²) in [7, 11) is 0. The van der Waals surface area contributed by atoms with Crippen molar-refractivity contribution in [3.05, 3.63) is 23.4 Å². The molecule has 1 amide bonds. The molecule has 0 aliphatic rings. The molecule has 80 valence electrons. The largest absolute Gasteiger partial charge is 0.394 e. The number of rotatable bonds is 5. The fourth-order valence-electron chi connectivity index (χ4n) is 0.875. The second-order valence-electron chi connectivity index (χ2n) is 3.24. The van der Waals surface area contributed by atoms with Crippen LogP contribution in [0.4, 0.5) is 0 Å². The molecule has 0 unspecified atom stereocenters. The predicted molar refractivity (Wildman–Crippen MR) is 59.6 cm³/mol. The number of nitrogens with two attached hydrogens (primary N) is 1. The Bertz CT molecular complexity index is 242. The minimum absolute atomic E-state index is 0.181. The molecule has 0 aromatic carbocycles. The van der Waals surface area contributed by atoms with E-state index in [2.05, 4.69) is 12.2 Å². The zero-order valence-electron chi connectivity index (χ0n) is 9.26. The number of allylic oxidation sites excluding steroid dienone is 3. The van der Waals surface area contributed by atoms with Gasteiger partial charge in [0.25, 0.3) is 5.91 Å². The number of carbonyl (C=O) groups is 1. The smallest absolute Gasteiger partial charge is 0.267 e. The van der Waals surface area contributed by atoms with Crippen molar-refractivity contribution in [2.24, 2.45) is 5.73 Å². The standard InChI is InChI=1S/C11H20N2O/c1-4-6-7-13-11(14)10(12)8-9(3)5-2/h5,8H,4,6-7,12H2,1-3H3,(H,13,14)/b9-5+,10-8+. The van der Waals surface area contributed by atoms with E-state index in [1.165, 1.54) is 0 Å². The monoisotopic (exact) mass is 196 g/mol. The van der Waals surface area contributed by atoms with Crippen molar-refractivity contribution in [3.8, 4) is 0 Å². The molecule has 0 saturated carbocycles. The van der Waals surface area contributed by atoms with E-state index in [9.17, 15) is 4.79 Å². The maximum atomic E-state index is 11.3. The van der Waals surface area contributed by atoms with Crippen molar-refractivity contribution in [2.75, 3.05) is 6.54 Å². The molecule has 0 heterocycles. The van der Waals surface area contributed by atoms with Gasteiger partial charge in [-0.25, -0.2) is 0 Å². The SMILES string of the molecule is C/C=C(C)/C=C(/N)C(=O)NCCCC. The van der Waals surface area contributed by atoms with E-state index in [0.717, 1.165) is 18.4 Å². The average Bonchev–Trinajstić information content (AvgIpc) is 2.17. The molecule has 0 saturated heterocycles. The molecule has 3 nitrogen and oxygen atoms in total. The second-order valence-corrected chi connectivity index (χ2v) is 3.24. The molecule has 0 aliphatic heterocycles. The van der Waals surface area contributed by atoms with E-state index in [0.29, 0.717) is 6.54 Å². The highest BCUT2D eigenvalue weighted by Gasteiger charge is 2.02. The lowest BCUT2D eigenvalue weighted by atomic mass is 10.2. The van der Waals surface area contributed by atoms with Gasteiger partial charge in [0, 0.05) is 6.54 Å². The van der Waals surface area contributed by atoms with Crippen molar-refractivity contribution < 1.29 is 4.79 Å². The number of unbranched alkanes of at least 4 members (excludes halogenated alkanes) is 1. The van der Waals surface area contributed by atoms with E-state index < -0.39 is 0 Å². The Hall–Kier alpha value is -1.25. The van der Waals surface area contributed by atoms with Gasteiger partial charge in [-0.3, -0.25) is 4.79 Å². The first-order chi connectivity index (χ1) is 6.61. The van der Waals surface area contributed by atoms with Gasteiger partial charge in [0.1, 0.15) is 0 Å². The van der Waals surface area contributed by atoms with Crippen LogP contribution in [0.3, 0.4) is 0 Å². The van der Waals surface area contributed by atoms with Crippen LogP contribution in [-0.2, 0) is 4.79 Å². The molecule has 0 fully saturated rings. The summed E-state index contributed by atoms with van der Waals surface area (Å²) in [6.07, 6.45) is 5.65. The van der Waals surface area contributed by atoms with Gasteiger partial charge in [0.05, 0.1) is 5.70 Å². The number of carbonyl (C=O) groups excluding carboxylic acids is 1. The van der Waals surface area contributed by atoms with Crippen LogP contribution in [0.5, 0.6) is 0 Å². The van der Waals surface area contributed by atoms with Crippen LogP contribution in [0.1, 0.15) is 33.6 Å². The van der Waals surface area contributed by atoms with Crippen LogP contribution < -0.4 is 11.1 Å². The van der Waals surface area contributed by atoms with E-state index in [1.54, 1.807) is 6.08 Å². The average molecular weight is 196 g/mol. The van der Waals surface area contributed by atoms with Crippen molar-refractivity contribution >= 4 is 5.91 Å². The third-order valence-electron chi connectivity index (χ3n) is 1.92. The number of amides is 1. The van der Waals surface area contributed by atoms with Crippen LogP contribution in [0.2, 0.25) is 0 Å². The Morgan fingerprint density at radius 2 is 2.14 bits per heavy atom. The molecular formula is C11H20N2O. The third kappa shape index (κ3) is 5.41. The molecule has 0 spiro atoms. The Labute approximate surface area is 86.1 Å². The molecule has 3 heteroatoms. The molecule has 0 rings (SSSR count). The van der Waals surface area contributed by atoms with Gasteiger partial charge in [-0.1, -0.05) is 25.0 Å². The van der Waals surface area contributed by atoms with Gasteiger partial charge in [-0.2, -0.15) is 0 Å². The Morgan fingerprint density at radius 3 is 2.64 bits per heavy atom. The molecule has 0 aromatic heterocycles. The lowest BCUT2D eigenvalue weighted by Gasteiger charge is -2.03. The van der Waals surface area contributed by atoms with E-state index >= 15 is 0 Å². The summed E-state index contributed by atoms with van der Waals surface area (Å²) >= 11 is 0. The molecule has 14 heavy (non-hydrogen) atoms. The van der Waals surface area contributed by atoms with Gasteiger partial charge in [-0.05, 0) is 26.3 Å². The highest BCUT2D eigenvalue weighted by atomic mass is 16.1. The molecule has 0 aromatic rings. The first kappa shape index (κ1) is 12.8. The van der Waals surface area contributed by atoms with Crippen LogP contribution in [0.15, 0.2) is 23.4 Å². The summed E-state index contributed by atoms with van der Waals surface area (Å²) in [5.74, 6) is -0.181. The number of nitrogens with one attached hydrogen (secondary N) is 1. The van der Waals surface area contributed by atoms with Crippen LogP contribution >= 0.6 is 0 Å².